The van der Waals surface area contributed by atoms with E-state index in [4.69, 9.17) is 4.74 Å². The minimum Gasteiger partial charge on any atom is -0.451 e. The van der Waals surface area contributed by atoms with E-state index in [0.717, 1.165) is 16.8 Å². The fraction of sp³-hybridized carbons (Fsp3) is 0.0667. The smallest absolute Gasteiger partial charge is 0.349 e. The van der Waals surface area contributed by atoms with Crippen LogP contribution in [0.25, 0.3) is 10.8 Å². The highest BCUT2D eigenvalue weighted by Gasteiger charge is 2.09. The lowest BCUT2D eigenvalue weighted by atomic mass is 10.1. The molecule has 4 nitrogen and oxygen atoms in total. The van der Waals surface area contributed by atoms with E-state index in [9.17, 15) is 9.59 Å². The molecular formula is C15H12O4. The molecule has 0 aliphatic carbocycles. The van der Waals surface area contributed by atoms with Gasteiger partial charge in [0.1, 0.15) is 5.75 Å². The van der Waals surface area contributed by atoms with Crippen LogP contribution < -0.4 is 4.74 Å². The van der Waals surface area contributed by atoms with Crippen molar-refractivity contribution >= 4 is 22.7 Å². The Morgan fingerprint density at radius 2 is 1.84 bits per heavy atom. The van der Waals surface area contributed by atoms with Crippen LogP contribution in [0.3, 0.4) is 0 Å². The van der Waals surface area contributed by atoms with Crippen molar-refractivity contribution < 1.29 is 19.1 Å². The maximum absolute atomic E-state index is 11.5. The van der Waals surface area contributed by atoms with E-state index in [1.807, 2.05) is 30.3 Å². The first-order chi connectivity index (χ1) is 9.20. The van der Waals surface area contributed by atoms with Gasteiger partial charge in [0.15, 0.2) is 6.61 Å². The lowest BCUT2D eigenvalue weighted by Gasteiger charge is -2.07. The Labute approximate surface area is 110 Å². The first kappa shape index (κ1) is 12.8. The Balaban J connectivity index is 2.11. The van der Waals surface area contributed by atoms with Crippen molar-refractivity contribution in [2.24, 2.45) is 0 Å². The van der Waals surface area contributed by atoms with Crippen molar-refractivity contribution in [1.82, 2.24) is 0 Å². The zero-order valence-corrected chi connectivity index (χ0v) is 10.2. The Hall–Kier alpha value is -2.62. The van der Waals surface area contributed by atoms with Crippen LogP contribution in [0.2, 0.25) is 0 Å². The second-order valence-electron chi connectivity index (χ2n) is 3.76. The van der Waals surface area contributed by atoms with E-state index in [1.54, 1.807) is 12.1 Å². The number of rotatable bonds is 4. The first-order valence-corrected chi connectivity index (χ1v) is 5.68. The van der Waals surface area contributed by atoms with Crippen molar-refractivity contribution in [3.8, 4) is 5.75 Å². The molecule has 0 spiro atoms. The number of hydrogen-bond acceptors (Lipinski definition) is 4. The van der Waals surface area contributed by atoms with Gasteiger partial charge in [-0.25, -0.2) is 9.59 Å². The zero-order chi connectivity index (χ0) is 13.7. The van der Waals surface area contributed by atoms with E-state index in [2.05, 4.69) is 11.3 Å². The zero-order valence-electron chi connectivity index (χ0n) is 10.2. The summed E-state index contributed by atoms with van der Waals surface area (Å²) in [5.41, 5.74) is 0. The molecule has 2 aromatic carbocycles. The molecule has 96 valence electrons. The number of fused-ring (bicyclic) bond motifs is 1. The van der Waals surface area contributed by atoms with E-state index in [0.29, 0.717) is 5.75 Å². The summed E-state index contributed by atoms with van der Waals surface area (Å²) in [6, 6.07) is 12.9. The second kappa shape index (κ2) is 5.82. The third kappa shape index (κ3) is 3.19. The quantitative estimate of drug-likeness (QED) is 0.479. The van der Waals surface area contributed by atoms with Gasteiger partial charge < -0.3 is 9.47 Å². The standard InChI is InChI=1S/C15H12O4/c1-2-14(16)18-10-15(17)19-13-9-5-7-11-6-3-4-8-12(11)13/h2-9H,1,10H2. The van der Waals surface area contributed by atoms with Gasteiger partial charge in [-0.1, -0.05) is 43.0 Å². The average molecular weight is 256 g/mol. The van der Waals surface area contributed by atoms with Crippen LogP contribution in [0.4, 0.5) is 0 Å². The number of hydrogen-bond donors (Lipinski definition) is 0. The second-order valence-corrected chi connectivity index (χ2v) is 3.76. The van der Waals surface area contributed by atoms with Gasteiger partial charge in [0.25, 0.3) is 0 Å². The summed E-state index contributed by atoms with van der Waals surface area (Å²) in [7, 11) is 0. The molecule has 0 aliphatic rings. The summed E-state index contributed by atoms with van der Waals surface area (Å²) in [6.07, 6.45) is 0.991. The SMILES string of the molecule is C=CC(=O)OCC(=O)Oc1cccc2ccccc12. The Kier molecular flexibility index (Phi) is 3.93. The van der Waals surface area contributed by atoms with Gasteiger partial charge in [-0.05, 0) is 11.5 Å². The third-order valence-corrected chi connectivity index (χ3v) is 2.47. The number of carbonyl (C=O) groups excluding carboxylic acids is 2. The van der Waals surface area contributed by atoms with Gasteiger partial charge >= 0.3 is 11.9 Å². The monoisotopic (exact) mass is 256 g/mol. The number of ether oxygens (including phenoxy) is 2. The minimum absolute atomic E-state index is 0.436. The van der Waals surface area contributed by atoms with Gasteiger partial charge in [-0.15, -0.1) is 0 Å². The van der Waals surface area contributed by atoms with Crippen LogP contribution in [0.5, 0.6) is 5.75 Å². The molecular weight excluding hydrogens is 244 g/mol. The molecule has 0 radical (unpaired) electrons. The molecule has 0 N–H and O–H groups in total. The van der Waals surface area contributed by atoms with E-state index in [1.165, 1.54) is 0 Å². The highest BCUT2D eigenvalue weighted by molar-refractivity contribution is 5.91. The Morgan fingerprint density at radius 3 is 2.63 bits per heavy atom. The lowest BCUT2D eigenvalue weighted by molar-refractivity contribution is -0.150. The first-order valence-electron chi connectivity index (χ1n) is 5.68. The third-order valence-electron chi connectivity index (χ3n) is 2.47. The molecule has 0 saturated heterocycles. The van der Waals surface area contributed by atoms with Gasteiger partial charge in [0.05, 0.1) is 0 Å². The van der Waals surface area contributed by atoms with Crippen LogP contribution in [-0.4, -0.2) is 18.5 Å². The highest BCUT2D eigenvalue weighted by atomic mass is 16.6. The van der Waals surface area contributed by atoms with E-state index >= 15 is 0 Å². The van der Waals surface area contributed by atoms with Crippen molar-refractivity contribution in [2.45, 2.75) is 0 Å². The Bertz CT molecular complexity index is 626. The van der Waals surface area contributed by atoms with Crippen LogP contribution in [0.15, 0.2) is 55.1 Å². The topological polar surface area (TPSA) is 52.6 Å². The van der Waals surface area contributed by atoms with E-state index in [-0.39, 0.29) is 0 Å². The Morgan fingerprint density at radius 1 is 1.11 bits per heavy atom. The normalized spacial score (nSPS) is 9.89. The molecule has 2 rings (SSSR count). The number of esters is 2. The van der Waals surface area contributed by atoms with Crippen LogP contribution in [0.1, 0.15) is 0 Å². The molecule has 0 aromatic heterocycles. The van der Waals surface area contributed by atoms with Crippen LogP contribution in [0, 0.1) is 0 Å². The number of benzene rings is 2. The molecule has 0 fully saturated rings. The van der Waals surface area contributed by atoms with Gasteiger partial charge in [-0.3, -0.25) is 0 Å². The molecule has 0 heterocycles. The largest absolute Gasteiger partial charge is 0.451 e. The predicted molar refractivity (Wildman–Crippen MR) is 70.7 cm³/mol. The average Bonchev–Trinajstić information content (AvgIpc) is 2.45. The fourth-order valence-electron chi connectivity index (χ4n) is 1.63. The molecule has 0 unspecified atom stereocenters. The fourth-order valence-corrected chi connectivity index (χ4v) is 1.63. The molecule has 0 amide bonds. The van der Waals surface area contributed by atoms with Gasteiger partial charge in [-0.2, -0.15) is 0 Å². The summed E-state index contributed by atoms with van der Waals surface area (Å²) in [4.78, 5) is 22.4. The predicted octanol–water partition coefficient (Wildman–Crippen LogP) is 2.47. The maximum atomic E-state index is 11.5. The number of carbonyl (C=O) groups is 2. The lowest BCUT2D eigenvalue weighted by Crippen LogP contribution is -2.17. The van der Waals surface area contributed by atoms with E-state index < -0.39 is 18.5 Å². The van der Waals surface area contributed by atoms with Crippen LogP contribution in [-0.2, 0) is 14.3 Å². The molecule has 19 heavy (non-hydrogen) atoms. The molecule has 0 saturated carbocycles. The minimum atomic E-state index is -0.658. The summed E-state index contributed by atoms with van der Waals surface area (Å²) < 4.78 is 9.78. The summed E-state index contributed by atoms with van der Waals surface area (Å²) in [6.45, 7) is 2.80. The maximum Gasteiger partial charge on any atom is 0.349 e. The van der Waals surface area contributed by atoms with Crippen molar-refractivity contribution in [2.75, 3.05) is 6.61 Å². The van der Waals surface area contributed by atoms with Crippen molar-refractivity contribution in [1.29, 1.82) is 0 Å². The van der Waals surface area contributed by atoms with Gasteiger partial charge in [0, 0.05) is 11.5 Å². The van der Waals surface area contributed by atoms with Crippen LogP contribution >= 0.6 is 0 Å². The molecule has 0 bridgehead atoms. The summed E-state index contributed by atoms with van der Waals surface area (Å²) in [5, 5.41) is 1.80. The highest BCUT2D eigenvalue weighted by Crippen LogP contribution is 2.25. The summed E-state index contributed by atoms with van der Waals surface area (Å²) >= 11 is 0. The summed E-state index contributed by atoms with van der Waals surface area (Å²) in [5.74, 6) is -0.848. The molecule has 0 atom stereocenters. The molecule has 4 heteroatoms. The van der Waals surface area contributed by atoms with Gasteiger partial charge in [0.2, 0.25) is 0 Å². The molecule has 2 aromatic rings. The van der Waals surface area contributed by atoms with Crippen molar-refractivity contribution in [3.63, 3.8) is 0 Å². The molecule has 0 aliphatic heterocycles. The van der Waals surface area contributed by atoms with Crippen molar-refractivity contribution in [3.05, 3.63) is 55.1 Å².